The lowest BCUT2D eigenvalue weighted by Gasteiger charge is -2.25. The summed E-state index contributed by atoms with van der Waals surface area (Å²) in [7, 11) is -1.54. The van der Waals surface area contributed by atoms with Crippen molar-refractivity contribution >= 4 is 14.3 Å². The van der Waals surface area contributed by atoms with Crippen molar-refractivity contribution in [3.8, 4) is 0 Å². The van der Waals surface area contributed by atoms with E-state index in [4.69, 9.17) is 9.16 Å². The van der Waals surface area contributed by atoms with Crippen molar-refractivity contribution in [1.82, 2.24) is 0 Å². The van der Waals surface area contributed by atoms with Gasteiger partial charge in [-0.15, -0.1) is 0 Å². The molecule has 0 aliphatic heterocycles. The Labute approximate surface area is 100.0 Å². The average molecular weight is 244 g/mol. The number of esters is 1. The molecule has 1 atom stereocenters. The van der Waals surface area contributed by atoms with Crippen LogP contribution < -0.4 is 0 Å². The predicted octanol–water partition coefficient (Wildman–Crippen LogP) is 3.13. The summed E-state index contributed by atoms with van der Waals surface area (Å²) in [5.41, 5.74) is 0.459. The minimum absolute atomic E-state index is 0.295. The first-order valence-corrected chi connectivity index (χ1v) is 8.74. The Morgan fingerprint density at radius 1 is 1.38 bits per heavy atom. The number of ether oxygens (including phenoxy) is 1. The lowest BCUT2D eigenvalue weighted by molar-refractivity contribution is -0.138. The van der Waals surface area contributed by atoms with Crippen molar-refractivity contribution in [1.29, 1.82) is 0 Å². The van der Waals surface area contributed by atoms with Crippen molar-refractivity contribution in [2.24, 2.45) is 0 Å². The molecular weight excluding hydrogens is 220 g/mol. The van der Waals surface area contributed by atoms with Gasteiger partial charge < -0.3 is 9.16 Å². The number of carbonyl (C=O) groups excluding carboxylic acids is 1. The van der Waals surface area contributed by atoms with E-state index in [1.807, 2.05) is 6.92 Å². The molecule has 0 N–H and O–H groups in total. The molecule has 0 saturated heterocycles. The summed E-state index contributed by atoms with van der Waals surface area (Å²) in [4.78, 5) is 11.1. The zero-order valence-corrected chi connectivity index (χ0v) is 12.0. The fraction of sp³-hybridized carbons (Fsp3) is 0.750. The molecule has 0 fully saturated rings. The SMILES string of the molecule is C=C(C)C(=O)OCCC[Si](C)(CC)OCC. The van der Waals surface area contributed by atoms with Crippen LogP contribution >= 0.6 is 0 Å². The van der Waals surface area contributed by atoms with E-state index in [-0.39, 0.29) is 5.97 Å². The molecule has 0 bridgehead atoms. The van der Waals surface area contributed by atoms with Crippen LogP contribution in [0.2, 0.25) is 18.6 Å². The Morgan fingerprint density at radius 2 is 2.00 bits per heavy atom. The molecule has 0 spiro atoms. The van der Waals surface area contributed by atoms with Gasteiger partial charge in [-0.3, -0.25) is 0 Å². The summed E-state index contributed by atoms with van der Waals surface area (Å²) in [5.74, 6) is -0.295. The second kappa shape index (κ2) is 7.63. The van der Waals surface area contributed by atoms with Crippen molar-refractivity contribution in [3.63, 3.8) is 0 Å². The average Bonchev–Trinajstić information content (AvgIpc) is 2.24. The van der Waals surface area contributed by atoms with Crippen LogP contribution in [0, 0.1) is 0 Å². The van der Waals surface area contributed by atoms with Gasteiger partial charge in [0.2, 0.25) is 0 Å². The van der Waals surface area contributed by atoms with E-state index in [0.717, 1.165) is 25.1 Å². The number of carbonyl (C=O) groups is 1. The normalized spacial score (nSPS) is 14.2. The highest BCUT2D eigenvalue weighted by atomic mass is 28.4. The van der Waals surface area contributed by atoms with Crippen molar-refractivity contribution < 1.29 is 14.0 Å². The van der Waals surface area contributed by atoms with Gasteiger partial charge in [-0.25, -0.2) is 4.79 Å². The molecule has 0 radical (unpaired) electrons. The maximum Gasteiger partial charge on any atom is 0.333 e. The van der Waals surface area contributed by atoms with Gasteiger partial charge in [0.25, 0.3) is 0 Å². The van der Waals surface area contributed by atoms with Gasteiger partial charge in [0.15, 0.2) is 8.32 Å². The van der Waals surface area contributed by atoms with E-state index >= 15 is 0 Å². The third-order valence-electron chi connectivity index (χ3n) is 2.67. The van der Waals surface area contributed by atoms with E-state index in [9.17, 15) is 4.79 Å². The molecule has 0 aromatic heterocycles. The summed E-state index contributed by atoms with van der Waals surface area (Å²) in [6, 6.07) is 2.15. The Hall–Kier alpha value is -0.613. The van der Waals surface area contributed by atoms with Crippen LogP contribution in [-0.4, -0.2) is 27.5 Å². The third-order valence-corrected chi connectivity index (χ3v) is 6.56. The summed E-state index contributed by atoms with van der Waals surface area (Å²) < 4.78 is 10.9. The topological polar surface area (TPSA) is 35.5 Å². The van der Waals surface area contributed by atoms with E-state index in [1.54, 1.807) is 6.92 Å². The van der Waals surface area contributed by atoms with E-state index in [1.165, 1.54) is 0 Å². The molecule has 4 heteroatoms. The first-order chi connectivity index (χ1) is 7.45. The molecule has 0 saturated carbocycles. The number of hydrogen-bond donors (Lipinski definition) is 0. The molecule has 94 valence electrons. The summed E-state index contributed by atoms with van der Waals surface area (Å²) in [6.45, 7) is 12.9. The smallest absolute Gasteiger partial charge is 0.333 e. The van der Waals surface area contributed by atoms with Gasteiger partial charge in [-0.05, 0) is 38.9 Å². The lowest BCUT2D eigenvalue weighted by Crippen LogP contribution is -2.33. The summed E-state index contributed by atoms with van der Waals surface area (Å²) in [6.07, 6.45) is 0.885. The minimum Gasteiger partial charge on any atom is -0.462 e. The molecule has 0 aliphatic carbocycles. The Balaban J connectivity index is 3.79. The van der Waals surface area contributed by atoms with Gasteiger partial charge in [0.05, 0.1) is 6.61 Å². The molecule has 0 heterocycles. The maximum absolute atomic E-state index is 11.1. The second-order valence-corrected chi connectivity index (χ2v) is 8.65. The van der Waals surface area contributed by atoms with E-state index in [0.29, 0.717) is 12.2 Å². The molecule has 1 unspecified atom stereocenters. The van der Waals surface area contributed by atoms with Crippen LogP contribution in [0.5, 0.6) is 0 Å². The largest absolute Gasteiger partial charge is 0.462 e. The molecule has 3 nitrogen and oxygen atoms in total. The second-order valence-electron chi connectivity index (χ2n) is 4.26. The van der Waals surface area contributed by atoms with Crippen LogP contribution in [-0.2, 0) is 14.0 Å². The number of rotatable bonds is 8. The van der Waals surface area contributed by atoms with Gasteiger partial charge in [-0.1, -0.05) is 13.5 Å². The zero-order chi connectivity index (χ0) is 12.6. The van der Waals surface area contributed by atoms with Crippen LogP contribution in [0.4, 0.5) is 0 Å². The maximum atomic E-state index is 11.1. The predicted molar refractivity (Wildman–Crippen MR) is 68.9 cm³/mol. The first-order valence-electron chi connectivity index (χ1n) is 5.91. The van der Waals surface area contributed by atoms with E-state index in [2.05, 4.69) is 20.0 Å². The van der Waals surface area contributed by atoms with Gasteiger partial charge in [0, 0.05) is 12.2 Å². The zero-order valence-electron chi connectivity index (χ0n) is 11.0. The summed E-state index contributed by atoms with van der Waals surface area (Å²) in [5, 5.41) is 0. The lowest BCUT2D eigenvalue weighted by atomic mass is 10.4. The van der Waals surface area contributed by atoms with Crippen molar-refractivity contribution in [2.75, 3.05) is 13.2 Å². The Morgan fingerprint density at radius 3 is 2.44 bits per heavy atom. The number of hydrogen-bond acceptors (Lipinski definition) is 3. The van der Waals surface area contributed by atoms with Crippen LogP contribution in [0.25, 0.3) is 0 Å². The summed E-state index contributed by atoms with van der Waals surface area (Å²) >= 11 is 0. The van der Waals surface area contributed by atoms with Gasteiger partial charge in [0.1, 0.15) is 0 Å². The highest BCUT2D eigenvalue weighted by molar-refractivity contribution is 6.72. The third kappa shape index (κ3) is 6.08. The molecule has 0 aromatic rings. The molecule has 16 heavy (non-hydrogen) atoms. The molecule has 0 aromatic carbocycles. The highest BCUT2D eigenvalue weighted by Gasteiger charge is 2.25. The van der Waals surface area contributed by atoms with Crippen molar-refractivity contribution in [3.05, 3.63) is 12.2 Å². The Bertz CT molecular complexity index is 240. The van der Waals surface area contributed by atoms with Gasteiger partial charge >= 0.3 is 5.97 Å². The minimum atomic E-state index is -1.54. The van der Waals surface area contributed by atoms with Gasteiger partial charge in [-0.2, -0.15) is 0 Å². The quantitative estimate of drug-likeness (QED) is 0.285. The monoisotopic (exact) mass is 244 g/mol. The van der Waals surface area contributed by atoms with Crippen LogP contribution in [0.1, 0.15) is 27.2 Å². The van der Waals surface area contributed by atoms with Crippen LogP contribution in [0.3, 0.4) is 0 Å². The molecule has 0 amide bonds. The molecule has 0 rings (SSSR count). The standard InChI is InChI=1S/C12H24O3Si/c1-6-15-16(5,7-2)10-8-9-14-12(13)11(3)4/h3,6-10H2,1-2,4-5H3. The molecular formula is C12H24O3Si. The van der Waals surface area contributed by atoms with E-state index < -0.39 is 8.32 Å². The molecule has 0 aliphatic rings. The van der Waals surface area contributed by atoms with Crippen molar-refractivity contribution in [2.45, 2.75) is 45.8 Å². The first kappa shape index (κ1) is 15.4. The fourth-order valence-electron chi connectivity index (χ4n) is 1.43. The fourth-order valence-corrected chi connectivity index (χ4v) is 3.72. The Kier molecular flexibility index (Phi) is 7.33. The highest BCUT2D eigenvalue weighted by Crippen LogP contribution is 2.18. The van der Waals surface area contributed by atoms with Crippen LogP contribution in [0.15, 0.2) is 12.2 Å².